The minimum Gasteiger partial charge on any atom is -0.349 e. The molecule has 3 nitrogen and oxygen atoms in total. The molecule has 1 aliphatic rings. The van der Waals surface area contributed by atoms with Crippen LogP contribution >= 0.6 is 11.6 Å². The monoisotopic (exact) mass is 382 g/mol. The molecule has 4 rings (SSSR count). The predicted octanol–water partition coefficient (Wildman–Crippen LogP) is 5.48. The molecular formula is C22H20ClFN2O. The van der Waals surface area contributed by atoms with Gasteiger partial charge in [0.25, 0.3) is 5.91 Å². The highest BCUT2D eigenvalue weighted by Crippen LogP contribution is 2.36. The zero-order valence-corrected chi connectivity index (χ0v) is 15.5. The van der Waals surface area contributed by atoms with Gasteiger partial charge in [-0.05, 0) is 85.7 Å². The molecule has 138 valence electrons. The first-order chi connectivity index (χ1) is 13.1. The van der Waals surface area contributed by atoms with E-state index in [2.05, 4.69) is 10.3 Å². The van der Waals surface area contributed by atoms with Gasteiger partial charge in [0.2, 0.25) is 0 Å². The van der Waals surface area contributed by atoms with Crippen molar-refractivity contribution in [3.8, 4) is 0 Å². The first kappa shape index (κ1) is 17.9. The van der Waals surface area contributed by atoms with Crippen molar-refractivity contribution in [1.29, 1.82) is 0 Å². The van der Waals surface area contributed by atoms with Crippen molar-refractivity contribution in [1.82, 2.24) is 10.3 Å². The lowest BCUT2D eigenvalue weighted by Gasteiger charge is -2.30. The van der Waals surface area contributed by atoms with Crippen LogP contribution in [0.4, 0.5) is 4.39 Å². The summed E-state index contributed by atoms with van der Waals surface area (Å²) in [5.74, 6) is 0.0631. The summed E-state index contributed by atoms with van der Waals surface area (Å²) >= 11 is 5.87. The number of fused-ring (bicyclic) bond motifs is 1. The number of rotatable bonds is 3. The van der Waals surface area contributed by atoms with Gasteiger partial charge in [-0.2, -0.15) is 0 Å². The Kier molecular flexibility index (Phi) is 5.08. The molecule has 1 amide bonds. The van der Waals surface area contributed by atoms with Crippen LogP contribution in [0, 0.1) is 5.82 Å². The summed E-state index contributed by atoms with van der Waals surface area (Å²) in [5.41, 5.74) is 2.60. The Morgan fingerprint density at radius 2 is 1.78 bits per heavy atom. The molecule has 0 unspecified atom stereocenters. The third-order valence-corrected chi connectivity index (χ3v) is 5.60. The molecule has 1 fully saturated rings. The predicted molar refractivity (Wildman–Crippen MR) is 106 cm³/mol. The van der Waals surface area contributed by atoms with Crippen molar-refractivity contribution in [2.75, 3.05) is 0 Å². The second-order valence-corrected chi connectivity index (χ2v) is 7.53. The molecule has 1 aromatic heterocycles. The molecule has 0 bridgehead atoms. The number of nitrogens with zero attached hydrogens (tertiary/aromatic N) is 1. The van der Waals surface area contributed by atoms with Crippen LogP contribution in [0.15, 0.2) is 54.7 Å². The van der Waals surface area contributed by atoms with E-state index >= 15 is 0 Å². The summed E-state index contributed by atoms with van der Waals surface area (Å²) in [6.45, 7) is 0. The Labute approximate surface area is 162 Å². The van der Waals surface area contributed by atoms with Crippen LogP contribution in [0.2, 0.25) is 5.02 Å². The molecule has 1 N–H and O–H groups in total. The number of carbonyl (C=O) groups is 1. The summed E-state index contributed by atoms with van der Waals surface area (Å²) in [7, 11) is 0. The van der Waals surface area contributed by atoms with Gasteiger partial charge in [0, 0.05) is 28.2 Å². The lowest BCUT2D eigenvalue weighted by atomic mass is 9.80. The third kappa shape index (κ3) is 3.96. The van der Waals surface area contributed by atoms with Crippen LogP contribution in [0.5, 0.6) is 0 Å². The first-order valence-corrected chi connectivity index (χ1v) is 9.58. The lowest BCUT2D eigenvalue weighted by molar-refractivity contribution is 0.0926. The fraction of sp³-hybridized carbons (Fsp3) is 0.273. The number of aromatic nitrogens is 1. The maximum absolute atomic E-state index is 13.7. The van der Waals surface area contributed by atoms with Gasteiger partial charge in [-0.3, -0.25) is 9.78 Å². The largest absolute Gasteiger partial charge is 0.349 e. The number of hydrogen-bond donors (Lipinski definition) is 1. The SMILES string of the molecule is O=C(N[C@H]1CC[C@@H](c2ccnc3ccc(F)cc32)CC1)c1ccc(Cl)cc1. The van der Waals surface area contributed by atoms with Crippen molar-refractivity contribution < 1.29 is 9.18 Å². The molecule has 0 atom stereocenters. The topological polar surface area (TPSA) is 42.0 Å². The van der Waals surface area contributed by atoms with Crippen LogP contribution < -0.4 is 5.32 Å². The minimum absolute atomic E-state index is 0.0634. The van der Waals surface area contributed by atoms with Crippen LogP contribution in [-0.2, 0) is 0 Å². The average molecular weight is 383 g/mol. The average Bonchev–Trinajstić information content (AvgIpc) is 2.68. The molecular weight excluding hydrogens is 363 g/mol. The molecule has 1 saturated carbocycles. The Morgan fingerprint density at radius 3 is 2.52 bits per heavy atom. The fourth-order valence-corrected chi connectivity index (χ4v) is 4.04. The van der Waals surface area contributed by atoms with E-state index in [-0.39, 0.29) is 17.8 Å². The van der Waals surface area contributed by atoms with Crippen molar-refractivity contribution in [3.05, 3.63) is 76.7 Å². The molecule has 0 spiro atoms. The minimum atomic E-state index is -0.235. The van der Waals surface area contributed by atoms with E-state index in [9.17, 15) is 9.18 Å². The number of halogens is 2. The Hall–Kier alpha value is -2.46. The quantitative estimate of drug-likeness (QED) is 0.651. The molecule has 0 radical (unpaired) electrons. The molecule has 0 aliphatic heterocycles. The summed E-state index contributed by atoms with van der Waals surface area (Å²) in [6.07, 6.45) is 5.53. The number of nitrogens with one attached hydrogen (secondary N) is 1. The highest BCUT2D eigenvalue weighted by Gasteiger charge is 2.25. The number of pyridine rings is 1. The van der Waals surface area contributed by atoms with E-state index in [1.165, 1.54) is 6.07 Å². The maximum atomic E-state index is 13.7. The summed E-state index contributed by atoms with van der Waals surface area (Å²) in [5, 5.41) is 4.63. The summed E-state index contributed by atoms with van der Waals surface area (Å²) in [4.78, 5) is 16.7. The zero-order valence-electron chi connectivity index (χ0n) is 14.8. The second-order valence-electron chi connectivity index (χ2n) is 7.09. The zero-order chi connectivity index (χ0) is 18.8. The van der Waals surface area contributed by atoms with Gasteiger partial charge in [0.1, 0.15) is 5.82 Å². The number of amides is 1. The number of carbonyl (C=O) groups excluding carboxylic acids is 1. The number of hydrogen-bond acceptors (Lipinski definition) is 2. The van der Waals surface area contributed by atoms with Gasteiger partial charge < -0.3 is 5.32 Å². The van der Waals surface area contributed by atoms with Gasteiger partial charge in [-0.1, -0.05) is 11.6 Å². The van der Waals surface area contributed by atoms with Gasteiger partial charge in [-0.25, -0.2) is 4.39 Å². The van der Waals surface area contributed by atoms with Crippen LogP contribution in [0.1, 0.15) is 47.5 Å². The molecule has 2 aromatic carbocycles. The van der Waals surface area contributed by atoms with E-state index in [0.717, 1.165) is 42.1 Å². The molecule has 1 heterocycles. The van der Waals surface area contributed by atoms with E-state index in [4.69, 9.17) is 11.6 Å². The molecule has 1 aliphatic carbocycles. The van der Waals surface area contributed by atoms with Gasteiger partial charge >= 0.3 is 0 Å². The normalized spacial score (nSPS) is 19.8. The van der Waals surface area contributed by atoms with Gasteiger partial charge in [0.05, 0.1) is 5.52 Å². The summed E-state index contributed by atoms with van der Waals surface area (Å²) in [6, 6.07) is 13.8. The van der Waals surface area contributed by atoms with E-state index in [1.807, 2.05) is 6.07 Å². The maximum Gasteiger partial charge on any atom is 0.251 e. The van der Waals surface area contributed by atoms with Gasteiger partial charge in [-0.15, -0.1) is 0 Å². The second kappa shape index (κ2) is 7.65. The Balaban J connectivity index is 1.43. The van der Waals surface area contributed by atoms with Crippen molar-refractivity contribution in [3.63, 3.8) is 0 Å². The Morgan fingerprint density at radius 1 is 1.04 bits per heavy atom. The molecule has 5 heteroatoms. The molecule has 0 saturated heterocycles. The highest BCUT2D eigenvalue weighted by atomic mass is 35.5. The van der Waals surface area contributed by atoms with Crippen LogP contribution in [0.25, 0.3) is 10.9 Å². The first-order valence-electron chi connectivity index (χ1n) is 9.21. The van der Waals surface area contributed by atoms with Crippen LogP contribution in [-0.4, -0.2) is 16.9 Å². The molecule has 3 aromatic rings. The lowest BCUT2D eigenvalue weighted by Crippen LogP contribution is -2.37. The summed E-state index contributed by atoms with van der Waals surface area (Å²) < 4.78 is 13.7. The molecule has 27 heavy (non-hydrogen) atoms. The van der Waals surface area contributed by atoms with Crippen molar-refractivity contribution >= 4 is 28.4 Å². The Bertz CT molecular complexity index is 966. The van der Waals surface area contributed by atoms with Gasteiger partial charge in [0.15, 0.2) is 0 Å². The van der Waals surface area contributed by atoms with E-state index in [1.54, 1.807) is 42.6 Å². The fourth-order valence-electron chi connectivity index (χ4n) is 3.91. The van der Waals surface area contributed by atoms with Crippen molar-refractivity contribution in [2.45, 2.75) is 37.6 Å². The van der Waals surface area contributed by atoms with Crippen LogP contribution in [0.3, 0.4) is 0 Å². The van der Waals surface area contributed by atoms with E-state index < -0.39 is 0 Å². The third-order valence-electron chi connectivity index (χ3n) is 5.35. The van der Waals surface area contributed by atoms with Crippen molar-refractivity contribution in [2.24, 2.45) is 0 Å². The smallest absolute Gasteiger partial charge is 0.251 e. The van der Waals surface area contributed by atoms with E-state index in [0.29, 0.717) is 16.5 Å². The standard InChI is InChI=1S/C22H20ClFN2O/c23-16-5-1-15(2-6-16)22(27)26-18-8-3-14(4-9-18)19-11-12-25-21-10-7-17(24)13-20(19)21/h1-2,5-7,10-14,18H,3-4,8-9H2,(H,26,27)/t14-,18+. The highest BCUT2D eigenvalue weighted by molar-refractivity contribution is 6.30. The number of benzene rings is 2.